The third-order valence-electron chi connectivity index (χ3n) is 5.47. The second-order valence-corrected chi connectivity index (χ2v) is 9.73. The van der Waals surface area contributed by atoms with Gasteiger partial charge in [-0.15, -0.1) is 0 Å². The lowest BCUT2D eigenvalue weighted by Crippen LogP contribution is -2.71. The lowest BCUT2D eigenvalue weighted by molar-refractivity contribution is -0.121. The van der Waals surface area contributed by atoms with Crippen LogP contribution in [0.5, 0.6) is 0 Å². The van der Waals surface area contributed by atoms with Gasteiger partial charge in [0, 0.05) is 26.0 Å². The molecule has 0 unspecified atom stereocenters. The fourth-order valence-electron chi connectivity index (χ4n) is 4.01. The predicted octanol–water partition coefficient (Wildman–Crippen LogP) is -0.476. The molecule has 4 rings (SSSR count). The Morgan fingerprint density at radius 3 is 2.68 bits per heavy atom. The van der Waals surface area contributed by atoms with Crippen molar-refractivity contribution in [3.63, 3.8) is 0 Å². The Balaban J connectivity index is 1.38. The van der Waals surface area contributed by atoms with Crippen LogP contribution in [0.3, 0.4) is 0 Å². The summed E-state index contributed by atoms with van der Waals surface area (Å²) in [5.74, 6) is 0.182. The van der Waals surface area contributed by atoms with Gasteiger partial charge in [-0.2, -0.15) is 0 Å². The standard InChI is InChI=1S/C16H24N4O4S/c1-18-7-4-17-14(18)15(21)20-10-16(11-20)12-25(22,23)13(9-24-16)8-19-5-2-3-6-19/h4,7,13H,2-3,5-6,8-12H2,1H3/t13-/m0/s1. The minimum atomic E-state index is -3.22. The van der Waals surface area contributed by atoms with E-state index in [0.717, 1.165) is 25.9 Å². The van der Waals surface area contributed by atoms with Crippen molar-refractivity contribution >= 4 is 15.7 Å². The molecule has 1 aromatic heterocycles. The van der Waals surface area contributed by atoms with Gasteiger partial charge in [0.25, 0.3) is 5.91 Å². The molecule has 0 aliphatic carbocycles. The van der Waals surface area contributed by atoms with E-state index in [1.54, 1.807) is 28.9 Å². The van der Waals surface area contributed by atoms with E-state index in [-0.39, 0.29) is 18.3 Å². The summed E-state index contributed by atoms with van der Waals surface area (Å²) in [7, 11) is -1.45. The molecule has 3 aliphatic rings. The third-order valence-corrected chi connectivity index (χ3v) is 7.70. The molecule has 0 bridgehead atoms. The van der Waals surface area contributed by atoms with Crippen molar-refractivity contribution in [3.05, 3.63) is 18.2 Å². The number of amides is 1. The number of ether oxygens (including phenoxy) is 1. The zero-order chi connectivity index (χ0) is 17.7. The summed E-state index contributed by atoms with van der Waals surface area (Å²) in [4.78, 5) is 20.3. The average molecular weight is 368 g/mol. The SMILES string of the molecule is Cn1ccnc1C(=O)N1CC2(C1)CS(=O)(=O)[C@@H](CN1CCCC1)CO2. The number of imidazole rings is 1. The van der Waals surface area contributed by atoms with Gasteiger partial charge in [-0.3, -0.25) is 4.79 Å². The monoisotopic (exact) mass is 368 g/mol. The lowest BCUT2D eigenvalue weighted by atomic mass is 9.95. The molecule has 1 atom stereocenters. The van der Waals surface area contributed by atoms with Crippen molar-refractivity contribution in [2.75, 3.05) is 45.1 Å². The topological polar surface area (TPSA) is 84.7 Å². The molecule has 3 saturated heterocycles. The molecule has 0 aromatic carbocycles. The normalized spacial score (nSPS) is 28.2. The van der Waals surface area contributed by atoms with Gasteiger partial charge >= 0.3 is 0 Å². The molecule has 1 aromatic rings. The fraction of sp³-hybridized carbons (Fsp3) is 0.750. The van der Waals surface area contributed by atoms with Gasteiger partial charge in [0.2, 0.25) is 0 Å². The van der Waals surface area contributed by atoms with E-state index < -0.39 is 20.7 Å². The summed E-state index contributed by atoms with van der Waals surface area (Å²) in [6, 6.07) is 0. The van der Waals surface area contributed by atoms with Gasteiger partial charge in [-0.25, -0.2) is 13.4 Å². The Morgan fingerprint density at radius 2 is 2.08 bits per heavy atom. The maximum absolute atomic E-state index is 12.7. The summed E-state index contributed by atoms with van der Waals surface area (Å²) in [6.07, 6.45) is 5.57. The zero-order valence-corrected chi connectivity index (χ0v) is 15.2. The molecule has 0 saturated carbocycles. The minimum absolute atomic E-state index is 0.00283. The summed E-state index contributed by atoms with van der Waals surface area (Å²) in [5, 5.41) is -0.449. The first-order valence-electron chi connectivity index (χ1n) is 8.73. The largest absolute Gasteiger partial charge is 0.369 e. The molecule has 25 heavy (non-hydrogen) atoms. The molecule has 1 amide bonds. The molecule has 9 heteroatoms. The highest BCUT2D eigenvalue weighted by Gasteiger charge is 2.54. The van der Waals surface area contributed by atoms with Crippen LogP contribution in [-0.2, 0) is 21.6 Å². The molecular formula is C16H24N4O4S. The number of sulfone groups is 1. The molecule has 138 valence electrons. The van der Waals surface area contributed by atoms with Crippen molar-refractivity contribution < 1.29 is 17.9 Å². The molecule has 4 heterocycles. The first-order chi connectivity index (χ1) is 11.9. The average Bonchev–Trinajstić information content (AvgIpc) is 3.17. The van der Waals surface area contributed by atoms with Gasteiger partial charge in [-0.05, 0) is 25.9 Å². The minimum Gasteiger partial charge on any atom is -0.369 e. The number of carbonyl (C=O) groups is 1. The van der Waals surface area contributed by atoms with Crippen LogP contribution in [0.1, 0.15) is 23.5 Å². The van der Waals surface area contributed by atoms with Crippen molar-refractivity contribution in [3.8, 4) is 0 Å². The molecule has 3 aliphatic heterocycles. The lowest BCUT2D eigenvalue weighted by Gasteiger charge is -2.52. The van der Waals surface area contributed by atoms with Crippen LogP contribution in [0, 0.1) is 0 Å². The summed E-state index contributed by atoms with van der Waals surface area (Å²) in [5.41, 5.74) is -0.735. The predicted molar refractivity (Wildman–Crippen MR) is 91.0 cm³/mol. The van der Waals surface area contributed by atoms with Gasteiger partial charge in [-0.1, -0.05) is 0 Å². The molecule has 1 spiro atoms. The number of aryl methyl sites for hydroxylation is 1. The van der Waals surface area contributed by atoms with Crippen molar-refractivity contribution in [1.29, 1.82) is 0 Å². The van der Waals surface area contributed by atoms with Crippen LogP contribution in [0.2, 0.25) is 0 Å². The number of likely N-dealkylation sites (tertiary alicyclic amines) is 2. The zero-order valence-electron chi connectivity index (χ0n) is 14.4. The third kappa shape index (κ3) is 3.09. The van der Waals surface area contributed by atoms with Crippen LogP contribution < -0.4 is 0 Å². The van der Waals surface area contributed by atoms with Gasteiger partial charge < -0.3 is 19.1 Å². The fourth-order valence-corrected chi connectivity index (χ4v) is 5.96. The second-order valence-electron chi connectivity index (χ2n) is 7.45. The highest BCUT2D eigenvalue weighted by Crippen LogP contribution is 2.33. The summed E-state index contributed by atoms with van der Waals surface area (Å²) in [6.45, 7) is 3.37. The number of carbonyl (C=O) groups excluding carboxylic acids is 1. The Bertz CT molecular complexity index is 763. The highest BCUT2D eigenvalue weighted by molar-refractivity contribution is 7.92. The molecular weight excluding hydrogens is 344 g/mol. The number of rotatable bonds is 3. The van der Waals surface area contributed by atoms with E-state index in [1.165, 1.54) is 0 Å². The number of hydrogen-bond donors (Lipinski definition) is 0. The van der Waals surface area contributed by atoms with Crippen LogP contribution in [-0.4, -0.2) is 89.6 Å². The van der Waals surface area contributed by atoms with E-state index in [0.29, 0.717) is 25.5 Å². The maximum atomic E-state index is 12.7. The number of hydrogen-bond acceptors (Lipinski definition) is 6. The van der Waals surface area contributed by atoms with Crippen molar-refractivity contribution in [2.24, 2.45) is 7.05 Å². The maximum Gasteiger partial charge on any atom is 0.290 e. The van der Waals surface area contributed by atoms with Crippen LogP contribution in [0.15, 0.2) is 12.4 Å². The molecule has 8 nitrogen and oxygen atoms in total. The van der Waals surface area contributed by atoms with Crippen LogP contribution in [0.25, 0.3) is 0 Å². The van der Waals surface area contributed by atoms with Gasteiger partial charge in [0.15, 0.2) is 15.7 Å². The second kappa shape index (κ2) is 6.07. The number of aromatic nitrogens is 2. The smallest absolute Gasteiger partial charge is 0.290 e. The number of nitrogens with zero attached hydrogens (tertiary/aromatic N) is 4. The summed E-state index contributed by atoms with van der Waals surface area (Å²) >= 11 is 0. The van der Waals surface area contributed by atoms with E-state index >= 15 is 0 Å². The van der Waals surface area contributed by atoms with Gasteiger partial charge in [0.05, 0.1) is 30.7 Å². The first kappa shape index (κ1) is 17.0. The van der Waals surface area contributed by atoms with E-state index in [4.69, 9.17) is 4.74 Å². The van der Waals surface area contributed by atoms with E-state index in [2.05, 4.69) is 9.88 Å². The van der Waals surface area contributed by atoms with Crippen molar-refractivity contribution in [2.45, 2.75) is 23.7 Å². The Hall–Kier alpha value is -1.45. The Kier molecular flexibility index (Phi) is 4.12. The Morgan fingerprint density at radius 1 is 1.36 bits per heavy atom. The Labute approximate surface area is 147 Å². The first-order valence-corrected chi connectivity index (χ1v) is 10.4. The van der Waals surface area contributed by atoms with Crippen molar-refractivity contribution in [1.82, 2.24) is 19.4 Å². The van der Waals surface area contributed by atoms with E-state index in [9.17, 15) is 13.2 Å². The molecule has 0 N–H and O–H groups in total. The van der Waals surface area contributed by atoms with Crippen LogP contribution in [0.4, 0.5) is 0 Å². The molecule has 3 fully saturated rings. The quantitative estimate of drug-likeness (QED) is 0.717. The highest BCUT2D eigenvalue weighted by atomic mass is 32.2. The summed E-state index contributed by atoms with van der Waals surface area (Å²) < 4.78 is 33.0. The molecule has 0 radical (unpaired) electrons. The van der Waals surface area contributed by atoms with Crippen LogP contribution >= 0.6 is 0 Å². The van der Waals surface area contributed by atoms with Gasteiger partial charge in [0.1, 0.15) is 5.60 Å². The van der Waals surface area contributed by atoms with E-state index in [1.807, 2.05) is 0 Å².